The van der Waals surface area contributed by atoms with E-state index >= 15 is 0 Å². The van der Waals surface area contributed by atoms with Crippen molar-refractivity contribution in [1.29, 1.82) is 0 Å². The molecular formula is C32H37N5O4S. The second kappa shape index (κ2) is 13.0. The molecule has 1 unspecified atom stereocenters. The van der Waals surface area contributed by atoms with Crippen LogP contribution in [0.25, 0.3) is 17.0 Å². The SMILES string of the molecule is CN(C)S(=O)(=O)NCc1ccc(CN(CCc2c[nH]c3ccccc23)C2CCc3cc(/C=C/C(=O)NO)ccc32)cc1. The Labute approximate surface area is 247 Å². The van der Waals surface area contributed by atoms with Crippen molar-refractivity contribution in [3.8, 4) is 0 Å². The molecule has 1 amide bonds. The minimum Gasteiger partial charge on any atom is -0.361 e. The van der Waals surface area contributed by atoms with Crippen LogP contribution in [0.1, 0.15) is 45.8 Å². The molecule has 0 bridgehead atoms. The highest BCUT2D eigenvalue weighted by Crippen LogP contribution is 2.37. The lowest BCUT2D eigenvalue weighted by atomic mass is 10.0. The van der Waals surface area contributed by atoms with E-state index in [0.29, 0.717) is 0 Å². The van der Waals surface area contributed by atoms with E-state index in [0.717, 1.165) is 58.9 Å². The number of hydrogen-bond acceptors (Lipinski definition) is 5. The van der Waals surface area contributed by atoms with Crippen LogP contribution >= 0.6 is 0 Å². The summed E-state index contributed by atoms with van der Waals surface area (Å²) in [6.45, 7) is 1.86. The van der Waals surface area contributed by atoms with E-state index in [4.69, 9.17) is 5.21 Å². The number of nitrogens with zero attached hydrogens (tertiary/aromatic N) is 2. The van der Waals surface area contributed by atoms with Gasteiger partial charge in [-0.1, -0.05) is 60.7 Å². The molecule has 9 nitrogen and oxygen atoms in total. The van der Waals surface area contributed by atoms with E-state index in [1.165, 1.54) is 42.2 Å². The molecule has 0 saturated carbocycles. The number of fused-ring (bicyclic) bond motifs is 2. The van der Waals surface area contributed by atoms with Gasteiger partial charge in [-0.05, 0) is 64.8 Å². The molecule has 5 rings (SSSR count). The summed E-state index contributed by atoms with van der Waals surface area (Å²) in [5, 5.41) is 10.0. The van der Waals surface area contributed by atoms with Crippen LogP contribution in [0.2, 0.25) is 0 Å². The van der Waals surface area contributed by atoms with Gasteiger partial charge in [0.15, 0.2) is 0 Å². The van der Waals surface area contributed by atoms with Crippen LogP contribution in [0, 0.1) is 0 Å². The molecule has 0 aliphatic heterocycles. The Kier molecular flexibility index (Phi) is 9.20. The Bertz CT molecular complexity index is 1680. The van der Waals surface area contributed by atoms with E-state index in [-0.39, 0.29) is 12.6 Å². The lowest BCUT2D eigenvalue weighted by Gasteiger charge is -2.30. The number of aryl methyl sites for hydroxylation is 1. The van der Waals surface area contributed by atoms with Crippen LogP contribution in [0.3, 0.4) is 0 Å². The zero-order valence-electron chi connectivity index (χ0n) is 23.9. The van der Waals surface area contributed by atoms with E-state index < -0.39 is 16.1 Å². The van der Waals surface area contributed by atoms with Crippen LogP contribution in [0.5, 0.6) is 0 Å². The summed E-state index contributed by atoms with van der Waals surface area (Å²) in [4.78, 5) is 17.4. The Morgan fingerprint density at radius 3 is 2.60 bits per heavy atom. The first-order valence-corrected chi connectivity index (χ1v) is 15.5. The van der Waals surface area contributed by atoms with Crippen LogP contribution in [0.4, 0.5) is 0 Å². The third-order valence-corrected chi connectivity index (χ3v) is 9.35. The van der Waals surface area contributed by atoms with Crippen LogP contribution in [-0.2, 0) is 40.9 Å². The number of rotatable bonds is 12. The van der Waals surface area contributed by atoms with Gasteiger partial charge >= 0.3 is 0 Å². The van der Waals surface area contributed by atoms with E-state index in [1.807, 2.05) is 24.3 Å². The predicted octanol–water partition coefficient (Wildman–Crippen LogP) is 4.31. The molecule has 0 saturated heterocycles. The molecular weight excluding hydrogens is 550 g/mol. The number of carbonyl (C=O) groups excluding carboxylic acids is 1. The summed E-state index contributed by atoms with van der Waals surface area (Å²) in [5.41, 5.74) is 9.61. The fourth-order valence-corrected chi connectivity index (χ4v) is 6.16. The topological polar surface area (TPSA) is 118 Å². The number of H-pyrrole nitrogens is 1. The van der Waals surface area contributed by atoms with E-state index in [9.17, 15) is 13.2 Å². The van der Waals surface area contributed by atoms with Crippen molar-refractivity contribution >= 4 is 33.1 Å². The van der Waals surface area contributed by atoms with Crippen LogP contribution in [0.15, 0.2) is 79.0 Å². The predicted molar refractivity (Wildman–Crippen MR) is 165 cm³/mol. The van der Waals surface area contributed by atoms with Crippen LogP contribution in [-0.4, -0.2) is 54.4 Å². The number of carbonyl (C=O) groups is 1. The average molecular weight is 588 g/mol. The minimum absolute atomic E-state index is 0.234. The summed E-state index contributed by atoms with van der Waals surface area (Å²) in [5.74, 6) is -0.557. The normalized spacial score (nSPS) is 15.2. The van der Waals surface area contributed by atoms with Crippen molar-refractivity contribution in [2.45, 2.75) is 38.4 Å². The molecule has 0 spiro atoms. The largest absolute Gasteiger partial charge is 0.361 e. The maximum atomic E-state index is 12.1. The Balaban J connectivity index is 1.35. The number of aromatic amines is 1. The van der Waals surface area contributed by atoms with Gasteiger partial charge in [0.1, 0.15) is 0 Å². The first kappa shape index (κ1) is 29.7. The van der Waals surface area contributed by atoms with Gasteiger partial charge in [0, 0.05) is 62.9 Å². The molecule has 0 radical (unpaired) electrons. The first-order valence-electron chi connectivity index (χ1n) is 14.0. The zero-order valence-corrected chi connectivity index (χ0v) is 24.7. The highest BCUT2D eigenvalue weighted by molar-refractivity contribution is 7.87. The quantitative estimate of drug-likeness (QED) is 0.112. The number of hydrogen-bond donors (Lipinski definition) is 4. The van der Waals surface area contributed by atoms with Gasteiger partial charge in [0.2, 0.25) is 0 Å². The van der Waals surface area contributed by atoms with Crippen molar-refractivity contribution in [2.24, 2.45) is 0 Å². The standard InChI is InChI=1S/C32H37N5O4S/c1-36(2)42(40,41)34-20-24-7-9-25(10-8-24)22-37(18-17-27-21-33-30-6-4-3-5-28(27)30)31-15-13-26-19-23(11-14-29(26)31)12-16-32(38)35-39/h3-12,14,16,19,21,31,33-34,39H,13,15,17-18,20,22H2,1-2H3,(H,35,38)/b16-12+. The van der Waals surface area contributed by atoms with Crippen LogP contribution < -0.4 is 10.2 Å². The Morgan fingerprint density at radius 1 is 1.07 bits per heavy atom. The molecule has 10 heteroatoms. The van der Waals surface area contributed by atoms with Crippen molar-refractivity contribution in [3.05, 3.63) is 112 Å². The van der Waals surface area contributed by atoms with Gasteiger partial charge in [0.05, 0.1) is 0 Å². The zero-order chi connectivity index (χ0) is 29.7. The second-order valence-electron chi connectivity index (χ2n) is 10.8. The molecule has 4 N–H and O–H groups in total. The lowest BCUT2D eigenvalue weighted by Crippen LogP contribution is -2.35. The summed E-state index contributed by atoms with van der Waals surface area (Å²) in [6.07, 6.45) is 7.97. The fourth-order valence-electron chi connectivity index (χ4n) is 5.56. The van der Waals surface area contributed by atoms with E-state index in [2.05, 4.69) is 63.3 Å². The highest BCUT2D eigenvalue weighted by Gasteiger charge is 2.28. The fraction of sp³-hybridized carbons (Fsp3) is 0.281. The molecule has 1 heterocycles. The second-order valence-corrected chi connectivity index (χ2v) is 12.8. The van der Waals surface area contributed by atoms with E-state index in [1.54, 1.807) is 11.6 Å². The molecule has 1 aliphatic carbocycles. The minimum atomic E-state index is -3.48. The summed E-state index contributed by atoms with van der Waals surface area (Å²) in [7, 11) is -0.475. The summed E-state index contributed by atoms with van der Waals surface area (Å²) >= 11 is 0. The molecule has 220 valence electrons. The smallest absolute Gasteiger partial charge is 0.279 e. The number of benzene rings is 3. The highest BCUT2D eigenvalue weighted by atomic mass is 32.2. The molecule has 4 aromatic rings. The number of para-hydroxylation sites is 1. The van der Waals surface area contributed by atoms with Crippen molar-refractivity contribution in [3.63, 3.8) is 0 Å². The monoisotopic (exact) mass is 587 g/mol. The number of amides is 1. The molecule has 0 fully saturated rings. The van der Waals surface area contributed by atoms with Gasteiger partial charge in [-0.3, -0.25) is 14.9 Å². The maximum Gasteiger partial charge on any atom is 0.279 e. The Morgan fingerprint density at radius 2 is 1.83 bits per heavy atom. The number of hydroxylamine groups is 1. The summed E-state index contributed by atoms with van der Waals surface area (Å²) < 4.78 is 28.0. The van der Waals surface area contributed by atoms with Gasteiger partial charge < -0.3 is 4.98 Å². The lowest BCUT2D eigenvalue weighted by molar-refractivity contribution is -0.124. The maximum absolute atomic E-state index is 12.1. The first-order chi connectivity index (χ1) is 20.2. The number of nitrogens with one attached hydrogen (secondary N) is 3. The van der Waals surface area contributed by atoms with Gasteiger partial charge in [0.25, 0.3) is 16.1 Å². The van der Waals surface area contributed by atoms with Gasteiger partial charge in [-0.15, -0.1) is 0 Å². The van der Waals surface area contributed by atoms with Gasteiger partial charge in [-0.2, -0.15) is 17.4 Å². The molecule has 1 aromatic heterocycles. The molecule has 1 aliphatic rings. The molecule has 3 aromatic carbocycles. The number of aromatic nitrogens is 1. The average Bonchev–Trinajstić information content (AvgIpc) is 3.61. The molecule has 1 atom stereocenters. The third-order valence-electron chi connectivity index (χ3n) is 7.88. The van der Waals surface area contributed by atoms with Gasteiger partial charge in [-0.25, -0.2) is 5.48 Å². The Hall–Kier alpha value is -3.80. The van der Waals surface area contributed by atoms with Crippen molar-refractivity contribution in [2.75, 3.05) is 20.6 Å². The van der Waals surface area contributed by atoms with Crippen molar-refractivity contribution in [1.82, 2.24) is 24.4 Å². The summed E-state index contributed by atoms with van der Waals surface area (Å²) in [6, 6.07) is 23.0. The third kappa shape index (κ3) is 6.97. The van der Waals surface area contributed by atoms with Crippen molar-refractivity contribution < 1.29 is 18.4 Å². The molecule has 42 heavy (non-hydrogen) atoms.